The molecule has 2 aromatic carbocycles. The van der Waals surface area contributed by atoms with Gasteiger partial charge < -0.3 is 14.8 Å². The number of hydrogen-bond donors (Lipinski definition) is 1. The number of fused-ring (bicyclic) bond motifs is 1. The number of nitrogens with zero attached hydrogens (tertiary/aromatic N) is 1. The molecular weight excluding hydrogens is 360 g/mol. The number of carbonyl (C=O) groups is 3. The van der Waals surface area contributed by atoms with Gasteiger partial charge in [-0.1, -0.05) is 37.3 Å². The van der Waals surface area contributed by atoms with Crippen LogP contribution in [-0.2, 0) is 19.1 Å². The molecule has 7 heteroatoms. The predicted molar refractivity (Wildman–Crippen MR) is 104 cm³/mol. The summed E-state index contributed by atoms with van der Waals surface area (Å²) in [7, 11) is 0. The summed E-state index contributed by atoms with van der Waals surface area (Å²) in [5.74, 6) is -0.844. The fraction of sp³-hybridized carbons (Fsp3) is 0.286. The molecule has 28 heavy (non-hydrogen) atoms. The van der Waals surface area contributed by atoms with Crippen LogP contribution in [0.2, 0.25) is 0 Å². The lowest BCUT2D eigenvalue weighted by molar-refractivity contribution is -0.161. The quantitative estimate of drug-likeness (QED) is 0.777. The number of rotatable bonds is 6. The van der Waals surface area contributed by atoms with Gasteiger partial charge in [0.05, 0.1) is 11.4 Å². The molecular formula is C21H22N2O5. The summed E-state index contributed by atoms with van der Waals surface area (Å²) in [6, 6.07) is 15.9. The number of benzene rings is 2. The zero-order chi connectivity index (χ0) is 20.1. The first-order valence-electron chi connectivity index (χ1n) is 9.12. The molecule has 0 bridgehead atoms. The second-order valence-electron chi connectivity index (χ2n) is 6.40. The van der Waals surface area contributed by atoms with E-state index in [0.717, 1.165) is 0 Å². The monoisotopic (exact) mass is 382 g/mol. The molecule has 0 unspecified atom stereocenters. The lowest BCUT2D eigenvalue weighted by Crippen LogP contribution is -2.47. The van der Waals surface area contributed by atoms with Crippen molar-refractivity contribution in [1.82, 2.24) is 0 Å². The van der Waals surface area contributed by atoms with Crippen molar-refractivity contribution < 1.29 is 23.9 Å². The summed E-state index contributed by atoms with van der Waals surface area (Å²) in [6.07, 6.45) is -1.49. The highest BCUT2D eigenvalue weighted by Gasteiger charge is 2.32. The molecule has 1 aliphatic rings. The second kappa shape index (κ2) is 8.56. The minimum atomic E-state index is -1.06. The number of carbonyl (C=O) groups excluding carboxylic acids is 3. The van der Waals surface area contributed by atoms with Crippen molar-refractivity contribution in [2.45, 2.75) is 32.5 Å². The van der Waals surface area contributed by atoms with Gasteiger partial charge in [0, 0.05) is 0 Å². The minimum absolute atomic E-state index is 0.130. The molecule has 1 N–H and O–H groups in total. The number of amides is 2. The van der Waals surface area contributed by atoms with Gasteiger partial charge in [-0.2, -0.15) is 0 Å². The van der Waals surface area contributed by atoms with Gasteiger partial charge in [-0.25, -0.2) is 4.79 Å². The van der Waals surface area contributed by atoms with Crippen molar-refractivity contribution in [2.24, 2.45) is 0 Å². The molecule has 1 aliphatic heterocycles. The molecule has 2 amide bonds. The van der Waals surface area contributed by atoms with Crippen molar-refractivity contribution in [3.8, 4) is 5.75 Å². The van der Waals surface area contributed by atoms with Gasteiger partial charge in [-0.15, -0.1) is 0 Å². The molecule has 2 aromatic rings. The molecule has 0 saturated heterocycles. The van der Waals surface area contributed by atoms with Gasteiger partial charge in [0.2, 0.25) is 5.91 Å². The highest BCUT2D eigenvalue weighted by atomic mass is 16.6. The van der Waals surface area contributed by atoms with E-state index in [-0.39, 0.29) is 12.5 Å². The van der Waals surface area contributed by atoms with E-state index < -0.39 is 24.1 Å². The summed E-state index contributed by atoms with van der Waals surface area (Å²) in [5, 5.41) is 2.72. The smallest absolute Gasteiger partial charge is 0.348 e. The second-order valence-corrected chi connectivity index (χ2v) is 6.40. The minimum Gasteiger partial charge on any atom is -0.479 e. The summed E-state index contributed by atoms with van der Waals surface area (Å²) < 4.78 is 11.0. The van der Waals surface area contributed by atoms with Crippen LogP contribution in [0.1, 0.15) is 20.3 Å². The number of ether oxygens (including phenoxy) is 2. The lowest BCUT2D eigenvalue weighted by Gasteiger charge is -2.31. The van der Waals surface area contributed by atoms with Crippen LogP contribution in [0.5, 0.6) is 5.75 Å². The van der Waals surface area contributed by atoms with Crippen LogP contribution in [-0.4, -0.2) is 36.5 Å². The van der Waals surface area contributed by atoms with E-state index in [9.17, 15) is 14.4 Å². The van der Waals surface area contributed by atoms with E-state index in [2.05, 4.69) is 5.32 Å². The van der Waals surface area contributed by atoms with Crippen molar-refractivity contribution in [3.63, 3.8) is 0 Å². The van der Waals surface area contributed by atoms with Crippen LogP contribution in [0.3, 0.4) is 0 Å². The molecule has 0 aliphatic carbocycles. The normalized spacial score (nSPS) is 15.1. The van der Waals surface area contributed by atoms with Crippen LogP contribution >= 0.6 is 0 Å². The molecule has 0 saturated carbocycles. The molecule has 1 heterocycles. The summed E-state index contributed by atoms with van der Waals surface area (Å²) in [5.41, 5.74) is 1.12. The lowest BCUT2D eigenvalue weighted by atomic mass is 10.1. The third-order valence-electron chi connectivity index (χ3n) is 4.33. The number of hydrogen-bond acceptors (Lipinski definition) is 5. The van der Waals surface area contributed by atoms with Crippen LogP contribution < -0.4 is 15.0 Å². The first-order chi connectivity index (χ1) is 13.5. The van der Waals surface area contributed by atoms with Crippen LogP contribution in [0.4, 0.5) is 11.4 Å². The van der Waals surface area contributed by atoms with E-state index in [1.807, 2.05) is 6.07 Å². The van der Waals surface area contributed by atoms with Crippen LogP contribution in [0, 0.1) is 0 Å². The van der Waals surface area contributed by atoms with Gasteiger partial charge >= 0.3 is 5.97 Å². The number of nitrogens with one attached hydrogen (secondary N) is 1. The van der Waals surface area contributed by atoms with Gasteiger partial charge in [-0.3, -0.25) is 14.5 Å². The number of para-hydroxylation sites is 3. The fourth-order valence-corrected chi connectivity index (χ4v) is 2.91. The molecule has 0 radical (unpaired) electrons. The third kappa shape index (κ3) is 4.31. The summed E-state index contributed by atoms with van der Waals surface area (Å²) in [6.45, 7) is 3.16. The molecule has 0 fully saturated rings. The Labute approximate surface area is 163 Å². The van der Waals surface area contributed by atoms with Crippen LogP contribution in [0.15, 0.2) is 54.6 Å². The SMILES string of the molecule is CC[C@H](Oc1ccccc1)C(=O)O[C@H](C)C(=O)N1CC(=O)Nc2ccccc21. The Morgan fingerprint density at radius 2 is 1.79 bits per heavy atom. The van der Waals surface area contributed by atoms with E-state index in [1.165, 1.54) is 11.8 Å². The van der Waals surface area contributed by atoms with Gasteiger partial charge in [-0.05, 0) is 37.6 Å². The maximum atomic E-state index is 12.8. The van der Waals surface area contributed by atoms with Crippen molar-refractivity contribution in [2.75, 3.05) is 16.8 Å². The third-order valence-corrected chi connectivity index (χ3v) is 4.33. The maximum absolute atomic E-state index is 12.8. The number of esters is 1. The van der Waals surface area contributed by atoms with E-state index >= 15 is 0 Å². The first kappa shape index (κ1) is 19.4. The average Bonchev–Trinajstić information content (AvgIpc) is 2.71. The summed E-state index contributed by atoms with van der Waals surface area (Å²) >= 11 is 0. The van der Waals surface area contributed by atoms with E-state index in [4.69, 9.17) is 9.47 Å². The highest BCUT2D eigenvalue weighted by Crippen LogP contribution is 2.29. The standard InChI is InChI=1S/C21H22N2O5/c1-3-18(28-15-9-5-4-6-10-15)21(26)27-14(2)20(25)23-13-19(24)22-16-11-7-8-12-17(16)23/h4-12,14,18H,3,13H2,1-2H3,(H,22,24)/t14-,18+/m1/s1. The molecule has 3 rings (SSSR count). The molecule has 2 atom stereocenters. The zero-order valence-corrected chi connectivity index (χ0v) is 15.8. The Morgan fingerprint density at radius 3 is 2.50 bits per heavy atom. The van der Waals surface area contributed by atoms with E-state index in [0.29, 0.717) is 23.5 Å². The molecule has 146 valence electrons. The maximum Gasteiger partial charge on any atom is 0.348 e. The van der Waals surface area contributed by atoms with Crippen LogP contribution in [0.25, 0.3) is 0 Å². The fourth-order valence-electron chi connectivity index (χ4n) is 2.91. The average molecular weight is 382 g/mol. The zero-order valence-electron chi connectivity index (χ0n) is 15.8. The van der Waals surface area contributed by atoms with Gasteiger partial charge in [0.25, 0.3) is 5.91 Å². The van der Waals surface area contributed by atoms with E-state index in [1.54, 1.807) is 55.5 Å². The summed E-state index contributed by atoms with van der Waals surface area (Å²) in [4.78, 5) is 38.6. The Kier molecular flexibility index (Phi) is 5.93. The Morgan fingerprint density at radius 1 is 1.11 bits per heavy atom. The first-order valence-corrected chi connectivity index (χ1v) is 9.12. The Hall–Kier alpha value is -3.35. The van der Waals surface area contributed by atoms with Gasteiger partial charge in [0.1, 0.15) is 12.3 Å². The molecule has 0 aromatic heterocycles. The Balaban J connectivity index is 1.68. The molecule has 7 nitrogen and oxygen atoms in total. The van der Waals surface area contributed by atoms with Crippen molar-refractivity contribution >= 4 is 29.2 Å². The number of anilines is 2. The van der Waals surface area contributed by atoms with Crippen molar-refractivity contribution in [3.05, 3.63) is 54.6 Å². The predicted octanol–water partition coefficient (Wildman–Crippen LogP) is 2.76. The largest absolute Gasteiger partial charge is 0.479 e. The van der Waals surface area contributed by atoms with Crippen molar-refractivity contribution in [1.29, 1.82) is 0 Å². The highest BCUT2D eigenvalue weighted by molar-refractivity contribution is 6.11. The topological polar surface area (TPSA) is 84.9 Å². The van der Waals surface area contributed by atoms with Gasteiger partial charge in [0.15, 0.2) is 12.2 Å². The molecule has 0 spiro atoms. The Bertz CT molecular complexity index is 868.